The number of benzene rings is 3. The van der Waals surface area contributed by atoms with Crippen LogP contribution in [0.25, 0.3) is 0 Å². The van der Waals surface area contributed by atoms with Crippen molar-refractivity contribution >= 4 is 28.8 Å². The molecule has 3 aromatic carbocycles. The highest BCUT2D eigenvalue weighted by Gasteiger charge is 2.36. The third-order valence-electron chi connectivity index (χ3n) is 4.73. The van der Waals surface area contributed by atoms with Crippen LogP contribution in [0.15, 0.2) is 70.5 Å². The van der Waals surface area contributed by atoms with Gasteiger partial charge in [0.25, 0.3) is 0 Å². The summed E-state index contributed by atoms with van der Waals surface area (Å²) in [6.45, 7) is 0. The number of fused-ring (bicyclic) bond motifs is 2. The number of anilines is 3. The van der Waals surface area contributed by atoms with Crippen LogP contribution in [-0.4, -0.2) is 0 Å². The van der Waals surface area contributed by atoms with Crippen LogP contribution in [0.1, 0.15) is 16.7 Å². The average molecular weight is 479 g/mol. The van der Waals surface area contributed by atoms with Crippen LogP contribution in [0.4, 0.5) is 56.6 Å². The third-order valence-corrected chi connectivity index (χ3v) is 5.82. The fourth-order valence-electron chi connectivity index (χ4n) is 3.24. The molecule has 1 aliphatic heterocycles. The molecule has 1 heterocycles. The highest BCUT2D eigenvalue weighted by molar-refractivity contribution is 7.99. The van der Waals surface area contributed by atoms with E-state index in [9.17, 15) is 39.5 Å². The zero-order valence-electron chi connectivity index (χ0n) is 15.5. The molecule has 1 aliphatic rings. The maximum Gasteiger partial charge on any atom is 0.416 e. The third kappa shape index (κ3) is 4.13. The zero-order valence-corrected chi connectivity index (χ0v) is 16.3. The maximum atomic E-state index is 13.2. The van der Waals surface area contributed by atoms with Crippen molar-refractivity contribution in [1.82, 2.24) is 0 Å². The highest BCUT2D eigenvalue weighted by Crippen LogP contribution is 2.53. The predicted octanol–water partition coefficient (Wildman–Crippen LogP) is 8.68. The summed E-state index contributed by atoms with van der Waals surface area (Å²) in [7, 11) is 0. The molecule has 11 heteroatoms. The topological polar surface area (TPSA) is 3.24 Å². The normalized spacial score (nSPS) is 14.2. The van der Waals surface area contributed by atoms with Crippen molar-refractivity contribution in [2.45, 2.75) is 28.3 Å². The van der Waals surface area contributed by atoms with Gasteiger partial charge in [-0.3, -0.25) is 0 Å². The molecule has 3 aromatic rings. The Morgan fingerprint density at radius 1 is 0.500 bits per heavy atom. The van der Waals surface area contributed by atoms with Gasteiger partial charge in [0.05, 0.1) is 28.1 Å². The Morgan fingerprint density at radius 3 is 1.25 bits per heavy atom. The summed E-state index contributed by atoms with van der Waals surface area (Å²) in [5.74, 6) is 0. The summed E-state index contributed by atoms with van der Waals surface area (Å²) in [6, 6.07) is 9.34. The summed E-state index contributed by atoms with van der Waals surface area (Å²) in [5, 5.41) is 0. The van der Waals surface area contributed by atoms with Crippen molar-refractivity contribution in [3.05, 3.63) is 77.4 Å². The van der Waals surface area contributed by atoms with E-state index in [1.54, 1.807) is 0 Å². The van der Waals surface area contributed by atoms with Gasteiger partial charge in [-0.1, -0.05) is 11.8 Å². The van der Waals surface area contributed by atoms with Crippen molar-refractivity contribution in [2.75, 3.05) is 4.90 Å². The van der Waals surface area contributed by atoms with E-state index in [4.69, 9.17) is 0 Å². The molecule has 0 fully saturated rings. The molecular weight excluding hydrogens is 469 g/mol. The van der Waals surface area contributed by atoms with Crippen LogP contribution in [0, 0.1) is 0 Å². The summed E-state index contributed by atoms with van der Waals surface area (Å²) in [6.07, 6.45) is -14.0. The Balaban J connectivity index is 1.89. The van der Waals surface area contributed by atoms with E-state index in [1.165, 1.54) is 4.90 Å². The van der Waals surface area contributed by atoms with E-state index in [1.807, 2.05) is 0 Å². The quantitative estimate of drug-likeness (QED) is 0.251. The van der Waals surface area contributed by atoms with E-state index >= 15 is 0 Å². The number of nitrogens with zero attached hydrogens (tertiary/aromatic N) is 1. The molecule has 0 unspecified atom stereocenters. The van der Waals surface area contributed by atoms with Gasteiger partial charge < -0.3 is 4.90 Å². The lowest BCUT2D eigenvalue weighted by Gasteiger charge is -2.33. The monoisotopic (exact) mass is 479 g/mol. The number of hydrogen-bond donors (Lipinski definition) is 0. The standard InChI is InChI=1S/C21H10F9NS/c22-19(23,24)11-1-5-14(6-2-11)31-15-7-3-12(20(25,26)27)9-17(15)32-18-10-13(21(28,29)30)4-8-16(18)31/h1-10H. The van der Waals surface area contributed by atoms with E-state index in [0.29, 0.717) is 0 Å². The van der Waals surface area contributed by atoms with Gasteiger partial charge in [-0.05, 0) is 60.7 Å². The molecule has 0 spiro atoms. The number of rotatable bonds is 1. The molecule has 4 rings (SSSR count). The van der Waals surface area contributed by atoms with E-state index in [2.05, 4.69) is 0 Å². The minimum absolute atomic E-state index is 0.0200. The molecule has 1 nitrogen and oxygen atoms in total. The summed E-state index contributed by atoms with van der Waals surface area (Å²) >= 11 is 0.727. The van der Waals surface area contributed by atoms with E-state index in [0.717, 1.165) is 72.4 Å². The average Bonchev–Trinajstić information content (AvgIpc) is 2.69. The van der Waals surface area contributed by atoms with Gasteiger partial charge >= 0.3 is 18.5 Å². The molecule has 0 N–H and O–H groups in total. The first-order valence-electron chi connectivity index (χ1n) is 8.83. The first-order valence-corrected chi connectivity index (χ1v) is 9.64. The van der Waals surface area contributed by atoms with Gasteiger partial charge in [-0.2, -0.15) is 39.5 Å². The summed E-state index contributed by atoms with van der Waals surface area (Å²) in [5.41, 5.74) is -2.36. The second-order valence-electron chi connectivity index (χ2n) is 6.84. The number of hydrogen-bond acceptors (Lipinski definition) is 2. The lowest BCUT2D eigenvalue weighted by molar-refractivity contribution is -0.138. The van der Waals surface area contributed by atoms with Crippen molar-refractivity contribution in [3.8, 4) is 0 Å². The minimum atomic E-state index is -4.68. The van der Waals surface area contributed by atoms with E-state index in [-0.39, 0.29) is 26.9 Å². The molecule has 168 valence electrons. The Morgan fingerprint density at radius 2 is 0.875 bits per heavy atom. The van der Waals surface area contributed by atoms with Crippen LogP contribution < -0.4 is 4.90 Å². The molecule has 0 atom stereocenters. The lowest BCUT2D eigenvalue weighted by Crippen LogP contribution is -2.17. The van der Waals surface area contributed by atoms with Crippen LogP contribution >= 0.6 is 11.8 Å². The van der Waals surface area contributed by atoms with Gasteiger partial charge in [0, 0.05) is 15.5 Å². The van der Waals surface area contributed by atoms with Crippen LogP contribution in [-0.2, 0) is 18.5 Å². The van der Waals surface area contributed by atoms with Crippen LogP contribution in [0.2, 0.25) is 0 Å². The molecule has 32 heavy (non-hydrogen) atoms. The maximum absolute atomic E-state index is 13.2. The molecule has 0 amide bonds. The number of halogens is 9. The lowest BCUT2D eigenvalue weighted by atomic mass is 10.1. The summed E-state index contributed by atoms with van der Waals surface area (Å²) < 4.78 is 118. The Labute approximate surface area is 179 Å². The first-order chi connectivity index (χ1) is 14.7. The van der Waals surface area contributed by atoms with Crippen molar-refractivity contribution < 1.29 is 39.5 Å². The highest BCUT2D eigenvalue weighted by atomic mass is 32.2. The second kappa shape index (κ2) is 7.36. The fraction of sp³-hybridized carbons (Fsp3) is 0.143. The van der Waals surface area contributed by atoms with Crippen LogP contribution in [0.3, 0.4) is 0 Å². The van der Waals surface area contributed by atoms with Gasteiger partial charge in [0.2, 0.25) is 0 Å². The summed E-state index contributed by atoms with van der Waals surface area (Å²) in [4.78, 5) is 1.37. The largest absolute Gasteiger partial charge is 0.416 e. The molecule has 0 saturated carbocycles. The Hall–Kier alpha value is -2.82. The van der Waals surface area contributed by atoms with Crippen molar-refractivity contribution in [2.24, 2.45) is 0 Å². The smallest absolute Gasteiger partial charge is 0.308 e. The Bertz CT molecular complexity index is 1100. The predicted molar refractivity (Wildman–Crippen MR) is 100 cm³/mol. The van der Waals surface area contributed by atoms with Gasteiger partial charge in [0.15, 0.2) is 0 Å². The molecule has 0 radical (unpaired) electrons. The van der Waals surface area contributed by atoms with Gasteiger partial charge in [-0.15, -0.1) is 0 Å². The molecule has 0 aliphatic carbocycles. The Kier molecular flexibility index (Phi) is 5.15. The molecule has 0 bridgehead atoms. The minimum Gasteiger partial charge on any atom is -0.308 e. The first kappa shape index (κ1) is 22.4. The second-order valence-corrected chi connectivity index (χ2v) is 7.93. The van der Waals surface area contributed by atoms with Crippen LogP contribution in [0.5, 0.6) is 0 Å². The SMILES string of the molecule is FC(F)(F)c1ccc(N2c3ccc(C(F)(F)F)cc3Sc3cc(C(F)(F)F)ccc32)cc1. The zero-order chi connectivity index (χ0) is 23.5. The van der Waals surface area contributed by atoms with Gasteiger partial charge in [-0.25, -0.2) is 0 Å². The molecule has 0 aromatic heterocycles. The van der Waals surface area contributed by atoms with Crippen molar-refractivity contribution in [3.63, 3.8) is 0 Å². The fourth-order valence-corrected chi connectivity index (χ4v) is 4.38. The molecular formula is C21H10F9NS. The number of alkyl halides is 9. The van der Waals surface area contributed by atoms with Gasteiger partial charge in [0.1, 0.15) is 0 Å². The van der Waals surface area contributed by atoms with Crippen molar-refractivity contribution in [1.29, 1.82) is 0 Å². The van der Waals surface area contributed by atoms with E-state index < -0.39 is 35.2 Å². The molecule has 0 saturated heterocycles.